The lowest BCUT2D eigenvalue weighted by Crippen LogP contribution is -2.33. The summed E-state index contributed by atoms with van der Waals surface area (Å²) in [5.74, 6) is 6.98. The third kappa shape index (κ3) is 5.01. The zero-order valence-electron chi connectivity index (χ0n) is 15.1. The number of thiocarbonyl (C=S) groups is 1. The number of benzene rings is 1. The lowest BCUT2D eigenvalue weighted by Gasteiger charge is -2.26. The SMILES string of the molecule is Cc1ccc(NC(=S)N2CCS[C@@H]2c2ccc(C#CC(C)(C)O)s2)cc1. The molecule has 2 aromatic rings. The Morgan fingerprint density at radius 3 is 2.69 bits per heavy atom. The quantitative estimate of drug-likeness (QED) is 0.566. The van der Waals surface area contributed by atoms with Crippen LogP contribution < -0.4 is 5.32 Å². The smallest absolute Gasteiger partial charge is 0.174 e. The maximum absolute atomic E-state index is 9.76. The molecule has 0 bridgehead atoms. The van der Waals surface area contributed by atoms with E-state index in [4.69, 9.17) is 12.2 Å². The minimum Gasteiger partial charge on any atom is -0.378 e. The van der Waals surface area contributed by atoms with E-state index < -0.39 is 5.60 Å². The Morgan fingerprint density at radius 1 is 1.27 bits per heavy atom. The van der Waals surface area contributed by atoms with Crippen molar-refractivity contribution in [1.82, 2.24) is 4.90 Å². The van der Waals surface area contributed by atoms with Crippen molar-refractivity contribution >= 4 is 46.1 Å². The van der Waals surface area contributed by atoms with Gasteiger partial charge in [-0.15, -0.1) is 23.1 Å². The van der Waals surface area contributed by atoms with E-state index >= 15 is 0 Å². The summed E-state index contributed by atoms with van der Waals surface area (Å²) in [5, 5.41) is 14.1. The van der Waals surface area contributed by atoms with Crippen LogP contribution in [0.1, 0.15) is 34.5 Å². The molecule has 136 valence electrons. The fraction of sp³-hybridized carbons (Fsp3) is 0.350. The van der Waals surface area contributed by atoms with Crippen LogP contribution in [0, 0.1) is 18.8 Å². The standard InChI is InChI=1S/C20H22N2OS3/c1-14-4-6-15(7-5-14)21-19(24)22-12-13-25-18(22)17-9-8-16(26-17)10-11-20(2,3)23/h4-9,18,23H,12-13H2,1-3H3,(H,21,24)/t18-/m1/s1. The molecule has 0 amide bonds. The van der Waals surface area contributed by atoms with Crippen molar-refractivity contribution in [3.8, 4) is 11.8 Å². The highest BCUT2D eigenvalue weighted by molar-refractivity contribution is 7.99. The van der Waals surface area contributed by atoms with Crippen LogP contribution in [0.4, 0.5) is 5.69 Å². The molecule has 1 fully saturated rings. The van der Waals surface area contributed by atoms with Crippen molar-refractivity contribution < 1.29 is 5.11 Å². The van der Waals surface area contributed by atoms with Gasteiger partial charge in [-0.1, -0.05) is 29.5 Å². The molecule has 1 atom stereocenters. The molecule has 1 aliphatic rings. The Bertz CT molecular complexity index is 840. The largest absolute Gasteiger partial charge is 0.378 e. The van der Waals surface area contributed by atoms with Crippen molar-refractivity contribution in [1.29, 1.82) is 0 Å². The van der Waals surface area contributed by atoms with E-state index in [9.17, 15) is 5.11 Å². The van der Waals surface area contributed by atoms with E-state index in [0.29, 0.717) is 0 Å². The van der Waals surface area contributed by atoms with Gasteiger partial charge in [-0.3, -0.25) is 0 Å². The number of hydrogen-bond acceptors (Lipinski definition) is 4. The summed E-state index contributed by atoms with van der Waals surface area (Å²) in [4.78, 5) is 4.44. The first-order chi connectivity index (χ1) is 12.3. The molecule has 0 radical (unpaired) electrons. The van der Waals surface area contributed by atoms with Crippen LogP contribution in [0.25, 0.3) is 0 Å². The Balaban J connectivity index is 1.71. The molecule has 0 spiro atoms. The van der Waals surface area contributed by atoms with Crippen molar-refractivity contribution in [3.63, 3.8) is 0 Å². The molecule has 3 rings (SSSR count). The number of rotatable bonds is 2. The molecule has 2 heterocycles. The average Bonchev–Trinajstić information content (AvgIpc) is 3.23. The van der Waals surface area contributed by atoms with Crippen LogP contribution in [-0.2, 0) is 0 Å². The van der Waals surface area contributed by atoms with E-state index in [-0.39, 0.29) is 5.37 Å². The number of aryl methyl sites for hydroxylation is 1. The van der Waals surface area contributed by atoms with Gasteiger partial charge in [-0.25, -0.2) is 0 Å². The van der Waals surface area contributed by atoms with Gasteiger partial charge in [-0.2, -0.15) is 0 Å². The number of nitrogens with zero attached hydrogens (tertiary/aromatic N) is 1. The molecule has 26 heavy (non-hydrogen) atoms. The first-order valence-corrected chi connectivity index (χ1v) is 10.7. The predicted octanol–water partition coefficient (Wildman–Crippen LogP) is 4.62. The van der Waals surface area contributed by atoms with Gasteiger partial charge in [0.2, 0.25) is 0 Å². The van der Waals surface area contributed by atoms with Crippen molar-refractivity contribution in [2.45, 2.75) is 31.7 Å². The second-order valence-electron chi connectivity index (χ2n) is 6.72. The number of thiophene rings is 1. The lowest BCUT2D eigenvalue weighted by atomic mass is 10.1. The van der Waals surface area contributed by atoms with Crippen molar-refractivity contribution in [2.75, 3.05) is 17.6 Å². The zero-order chi connectivity index (χ0) is 18.7. The zero-order valence-corrected chi connectivity index (χ0v) is 17.5. The fourth-order valence-electron chi connectivity index (χ4n) is 2.51. The summed E-state index contributed by atoms with van der Waals surface area (Å²) < 4.78 is 0. The number of anilines is 1. The van der Waals surface area contributed by atoms with Crippen molar-refractivity contribution in [3.05, 3.63) is 51.7 Å². The normalized spacial score (nSPS) is 16.9. The van der Waals surface area contributed by atoms with Gasteiger partial charge in [-0.05, 0) is 57.3 Å². The van der Waals surface area contributed by atoms with Gasteiger partial charge in [0.15, 0.2) is 5.11 Å². The Hall–Kier alpha value is -1.52. The van der Waals surface area contributed by atoms with E-state index in [1.165, 1.54) is 10.4 Å². The van der Waals surface area contributed by atoms with Gasteiger partial charge in [0.05, 0.1) is 4.88 Å². The molecule has 2 N–H and O–H groups in total. The Kier molecular flexibility index (Phi) is 5.93. The second kappa shape index (κ2) is 8.01. The van der Waals surface area contributed by atoms with Gasteiger partial charge >= 0.3 is 0 Å². The van der Waals surface area contributed by atoms with E-state index in [1.54, 1.807) is 25.2 Å². The van der Waals surface area contributed by atoms with Crippen LogP contribution in [0.2, 0.25) is 0 Å². The molecule has 3 nitrogen and oxygen atoms in total. The maximum atomic E-state index is 9.76. The third-order valence-electron chi connectivity index (χ3n) is 3.82. The molecule has 6 heteroatoms. The summed E-state index contributed by atoms with van der Waals surface area (Å²) in [7, 11) is 0. The average molecular weight is 403 g/mol. The Labute approximate surface area is 168 Å². The van der Waals surface area contributed by atoms with Gasteiger partial charge in [0.25, 0.3) is 0 Å². The minimum atomic E-state index is -0.974. The molecule has 1 aromatic heterocycles. The van der Waals surface area contributed by atoms with E-state index in [1.807, 2.05) is 17.8 Å². The summed E-state index contributed by atoms with van der Waals surface area (Å²) in [6, 6.07) is 12.4. The summed E-state index contributed by atoms with van der Waals surface area (Å²) in [6.07, 6.45) is 0. The van der Waals surface area contributed by atoms with Gasteiger partial charge in [0, 0.05) is 22.9 Å². The van der Waals surface area contributed by atoms with Crippen LogP contribution >= 0.6 is 35.3 Å². The maximum Gasteiger partial charge on any atom is 0.174 e. The summed E-state index contributed by atoms with van der Waals surface area (Å²) in [6.45, 7) is 6.39. The number of hydrogen-bond donors (Lipinski definition) is 2. The molecule has 1 aliphatic heterocycles. The summed E-state index contributed by atoms with van der Waals surface area (Å²) in [5.41, 5.74) is 1.27. The molecular formula is C20H22N2OS3. The molecular weight excluding hydrogens is 380 g/mol. The topological polar surface area (TPSA) is 35.5 Å². The Morgan fingerprint density at radius 2 is 2.00 bits per heavy atom. The molecule has 0 saturated carbocycles. The van der Waals surface area contributed by atoms with E-state index in [2.05, 4.69) is 59.3 Å². The van der Waals surface area contributed by atoms with Crippen molar-refractivity contribution in [2.24, 2.45) is 0 Å². The van der Waals surface area contributed by atoms with Crippen LogP contribution in [0.15, 0.2) is 36.4 Å². The van der Waals surface area contributed by atoms with Crippen LogP contribution in [0.3, 0.4) is 0 Å². The number of nitrogens with one attached hydrogen (secondary N) is 1. The number of aliphatic hydroxyl groups is 1. The fourth-order valence-corrected chi connectivity index (χ4v) is 5.26. The van der Waals surface area contributed by atoms with Gasteiger partial charge in [0.1, 0.15) is 11.0 Å². The predicted molar refractivity (Wildman–Crippen MR) is 117 cm³/mol. The minimum absolute atomic E-state index is 0.211. The first kappa shape index (κ1) is 19.2. The molecule has 0 aliphatic carbocycles. The highest BCUT2D eigenvalue weighted by Gasteiger charge is 2.29. The monoisotopic (exact) mass is 402 g/mol. The highest BCUT2D eigenvalue weighted by atomic mass is 32.2. The molecule has 1 aromatic carbocycles. The van der Waals surface area contributed by atoms with Gasteiger partial charge < -0.3 is 15.3 Å². The number of thioether (sulfide) groups is 1. The molecule has 1 saturated heterocycles. The van der Waals surface area contributed by atoms with E-state index in [0.717, 1.165) is 28.0 Å². The van der Waals surface area contributed by atoms with Crippen LogP contribution in [-0.4, -0.2) is 33.0 Å². The molecule has 0 unspecified atom stereocenters. The van der Waals surface area contributed by atoms with Crippen LogP contribution in [0.5, 0.6) is 0 Å². The highest BCUT2D eigenvalue weighted by Crippen LogP contribution is 2.41. The second-order valence-corrected chi connectivity index (χ2v) is 9.41. The first-order valence-electron chi connectivity index (χ1n) is 8.43. The third-order valence-corrected chi connectivity index (χ3v) is 6.60. The summed E-state index contributed by atoms with van der Waals surface area (Å²) >= 11 is 9.22. The lowest BCUT2D eigenvalue weighted by molar-refractivity contribution is 0.143.